The number of hydrogen-bond donors (Lipinski definition) is 0. The van der Waals surface area contributed by atoms with Gasteiger partial charge in [0.05, 0.1) is 24.4 Å². The van der Waals surface area contributed by atoms with Crippen molar-refractivity contribution in [3.63, 3.8) is 0 Å². The van der Waals surface area contributed by atoms with Crippen molar-refractivity contribution in [2.24, 2.45) is 0 Å². The lowest BCUT2D eigenvalue weighted by Crippen LogP contribution is -2.25. The SMILES string of the molecule is [C-]#[N+]c1c(C(F)(F)F)cc(-c2cc(C)cc(C)c2)n(Cc2csc(-c3ccccc3)n2)c1=O. The molecular formula is C25H18F3N3OS. The van der Waals surface area contributed by atoms with Gasteiger partial charge in [-0.1, -0.05) is 47.5 Å². The molecule has 2 heterocycles. The van der Waals surface area contributed by atoms with Crippen molar-refractivity contribution < 1.29 is 13.2 Å². The lowest BCUT2D eigenvalue weighted by atomic mass is 10.0. The standard InChI is InChI=1S/C25H18F3N3OS/c1-15-9-16(2)11-18(10-15)21-12-20(25(26,27)28)22(29-3)24(32)31(21)13-19-14-33-23(30-19)17-7-5-4-6-8-17/h4-12,14H,13H2,1-2H3. The number of rotatable bonds is 4. The largest absolute Gasteiger partial charge is 0.407 e. The number of benzene rings is 2. The minimum Gasteiger partial charge on any atom is -0.311 e. The van der Waals surface area contributed by atoms with Gasteiger partial charge in [-0.25, -0.2) is 9.83 Å². The quantitative estimate of drug-likeness (QED) is 0.309. The van der Waals surface area contributed by atoms with Gasteiger partial charge in [0.15, 0.2) is 0 Å². The Balaban J connectivity index is 1.91. The van der Waals surface area contributed by atoms with Crippen LogP contribution < -0.4 is 5.56 Å². The normalized spacial score (nSPS) is 11.4. The van der Waals surface area contributed by atoms with Gasteiger partial charge in [0.2, 0.25) is 0 Å². The highest BCUT2D eigenvalue weighted by molar-refractivity contribution is 7.13. The number of pyridine rings is 1. The summed E-state index contributed by atoms with van der Waals surface area (Å²) in [6.45, 7) is 10.9. The van der Waals surface area contributed by atoms with Gasteiger partial charge < -0.3 is 4.57 Å². The molecule has 0 saturated heterocycles. The molecule has 0 amide bonds. The first-order valence-corrected chi connectivity index (χ1v) is 10.9. The second-order valence-corrected chi connectivity index (χ2v) is 8.54. The second kappa shape index (κ2) is 8.68. The molecule has 0 saturated carbocycles. The molecule has 4 rings (SSSR count). The Hall–Kier alpha value is -3.70. The maximum absolute atomic E-state index is 13.7. The van der Waals surface area contributed by atoms with E-state index in [0.29, 0.717) is 11.3 Å². The van der Waals surface area contributed by atoms with Gasteiger partial charge in [0, 0.05) is 16.6 Å². The van der Waals surface area contributed by atoms with Crippen LogP contribution in [0.3, 0.4) is 0 Å². The molecule has 8 heteroatoms. The summed E-state index contributed by atoms with van der Waals surface area (Å²) in [5.74, 6) is 0. The number of aromatic nitrogens is 2. The number of hydrogen-bond acceptors (Lipinski definition) is 3. The summed E-state index contributed by atoms with van der Waals surface area (Å²) in [4.78, 5) is 20.7. The molecule has 33 heavy (non-hydrogen) atoms. The Kier molecular flexibility index (Phi) is 5.91. The van der Waals surface area contributed by atoms with Gasteiger partial charge >= 0.3 is 6.18 Å². The molecule has 2 aromatic carbocycles. The van der Waals surface area contributed by atoms with E-state index in [0.717, 1.165) is 27.8 Å². The van der Waals surface area contributed by atoms with Crippen molar-refractivity contribution in [3.05, 3.63) is 104 Å². The third kappa shape index (κ3) is 4.59. The molecule has 4 aromatic rings. The predicted molar refractivity (Wildman–Crippen MR) is 124 cm³/mol. The topological polar surface area (TPSA) is 39.2 Å². The molecular weight excluding hydrogens is 447 g/mol. The van der Waals surface area contributed by atoms with Gasteiger partial charge in [-0.05, 0) is 37.6 Å². The minimum atomic E-state index is -4.83. The van der Waals surface area contributed by atoms with E-state index in [-0.39, 0.29) is 12.2 Å². The zero-order chi connectivity index (χ0) is 23.8. The number of alkyl halides is 3. The first kappa shape index (κ1) is 22.5. The van der Waals surface area contributed by atoms with Crippen LogP contribution in [0.15, 0.2) is 64.8 Å². The second-order valence-electron chi connectivity index (χ2n) is 7.68. The highest BCUT2D eigenvalue weighted by atomic mass is 32.1. The molecule has 0 N–H and O–H groups in total. The van der Waals surface area contributed by atoms with E-state index in [1.807, 2.05) is 50.2 Å². The van der Waals surface area contributed by atoms with Crippen LogP contribution in [0.25, 0.3) is 26.7 Å². The van der Waals surface area contributed by atoms with Crippen LogP contribution in [0.2, 0.25) is 0 Å². The lowest BCUT2D eigenvalue weighted by molar-refractivity contribution is -0.136. The van der Waals surface area contributed by atoms with E-state index in [2.05, 4.69) is 9.83 Å². The summed E-state index contributed by atoms with van der Waals surface area (Å²) < 4.78 is 42.4. The van der Waals surface area contributed by atoms with Crippen molar-refractivity contribution in [2.45, 2.75) is 26.6 Å². The molecule has 0 aliphatic heterocycles. The third-order valence-corrected chi connectivity index (χ3v) is 6.04. The summed E-state index contributed by atoms with van der Waals surface area (Å²) in [5, 5.41) is 2.51. The summed E-state index contributed by atoms with van der Waals surface area (Å²) in [5.41, 5.74) is 0.574. The van der Waals surface area contributed by atoms with Crippen LogP contribution in [-0.2, 0) is 12.7 Å². The number of aryl methyl sites for hydroxylation is 2. The monoisotopic (exact) mass is 465 g/mol. The van der Waals surface area contributed by atoms with Crippen LogP contribution in [0.5, 0.6) is 0 Å². The molecule has 4 nitrogen and oxygen atoms in total. The van der Waals surface area contributed by atoms with Crippen molar-refractivity contribution >= 4 is 17.0 Å². The number of thiazole rings is 1. The van der Waals surface area contributed by atoms with Crippen LogP contribution in [-0.4, -0.2) is 9.55 Å². The molecule has 0 atom stereocenters. The van der Waals surface area contributed by atoms with Gasteiger partial charge in [-0.15, -0.1) is 11.3 Å². The number of halogens is 3. The van der Waals surface area contributed by atoms with E-state index in [1.165, 1.54) is 15.9 Å². The van der Waals surface area contributed by atoms with Gasteiger partial charge in [-0.2, -0.15) is 13.2 Å². The Morgan fingerprint density at radius 2 is 1.70 bits per heavy atom. The molecule has 0 aliphatic carbocycles. The van der Waals surface area contributed by atoms with Crippen molar-refractivity contribution in [3.8, 4) is 21.8 Å². The Morgan fingerprint density at radius 3 is 2.30 bits per heavy atom. The maximum Gasteiger partial charge on any atom is 0.407 e. The molecule has 0 bridgehead atoms. The van der Waals surface area contributed by atoms with Crippen LogP contribution in [0, 0.1) is 20.4 Å². The minimum absolute atomic E-state index is 0.0504. The molecule has 0 spiro atoms. The highest BCUT2D eigenvalue weighted by Crippen LogP contribution is 2.37. The van der Waals surface area contributed by atoms with Gasteiger partial charge in [-0.3, -0.25) is 4.79 Å². The Morgan fingerprint density at radius 1 is 1.03 bits per heavy atom. The van der Waals surface area contributed by atoms with Crippen molar-refractivity contribution in [2.75, 3.05) is 0 Å². The molecule has 0 fully saturated rings. The van der Waals surface area contributed by atoms with Crippen molar-refractivity contribution in [1.29, 1.82) is 0 Å². The zero-order valence-electron chi connectivity index (χ0n) is 17.8. The first-order chi connectivity index (χ1) is 15.7. The molecule has 166 valence electrons. The average molecular weight is 466 g/mol. The van der Waals surface area contributed by atoms with Crippen LogP contribution >= 0.6 is 11.3 Å². The van der Waals surface area contributed by atoms with Crippen molar-refractivity contribution in [1.82, 2.24) is 9.55 Å². The average Bonchev–Trinajstić information content (AvgIpc) is 3.22. The smallest absolute Gasteiger partial charge is 0.311 e. The first-order valence-electron chi connectivity index (χ1n) is 9.98. The molecule has 0 unspecified atom stereocenters. The fourth-order valence-electron chi connectivity index (χ4n) is 3.73. The summed E-state index contributed by atoms with van der Waals surface area (Å²) in [6, 6.07) is 15.7. The number of nitrogens with zero attached hydrogens (tertiary/aromatic N) is 3. The van der Waals surface area contributed by atoms with E-state index in [4.69, 9.17) is 6.57 Å². The summed E-state index contributed by atoms with van der Waals surface area (Å²) in [6.07, 6.45) is -4.83. The highest BCUT2D eigenvalue weighted by Gasteiger charge is 2.36. The Bertz CT molecular complexity index is 1410. The van der Waals surface area contributed by atoms with Crippen LogP contribution in [0.1, 0.15) is 22.4 Å². The van der Waals surface area contributed by atoms with Crippen LogP contribution in [0.4, 0.5) is 18.9 Å². The summed E-state index contributed by atoms with van der Waals surface area (Å²) >= 11 is 1.38. The maximum atomic E-state index is 13.7. The predicted octanol–water partition coefficient (Wildman–Crippen LogP) is 6.87. The molecule has 0 aliphatic rings. The fraction of sp³-hybridized carbons (Fsp3) is 0.160. The zero-order valence-corrected chi connectivity index (χ0v) is 18.6. The molecule has 2 aromatic heterocycles. The fourth-order valence-corrected chi connectivity index (χ4v) is 4.55. The van der Waals surface area contributed by atoms with Gasteiger partial charge in [0.25, 0.3) is 11.2 Å². The van der Waals surface area contributed by atoms with E-state index in [1.54, 1.807) is 17.5 Å². The van der Waals surface area contributed by atoms with E-state index in [9.17, 15) is 18.0 Å². The summed E-state index contributed by atoms with van der Waals surface area (Å²) in [7, 11) is 0. The van der Waals surface area contributed by atoms with E-state index < -0.39 is 23.0 Å². The molecule has 0 radical (unpaired) electrons. The third-order valence-electron chi connectivity index (χ3n) is 5.10. The van der Waals surface area contributed by atoms with E-state index >= 15 is 0 Å². The van der Waals surface area contributed by atoms with Gasteiger partial charge in [0.1, 0.15) is 5.01 Å². The Labute approximate surface area is 192 Å². The lowest BCUT2D eigenvalue weighted by Gasteiger charge is -2.18.